The number of rotatable bonds is 6. The highest BCUT2D eigenvalue weighted by atomic mass is 32.2. The molecule has 0 bridgehead atoms. The van der Waals surface area contributed by atoms with Crippen LogP contribution in [0.2, 0.25) is 0 Å². The summed E-state index contributed by atoms with van der Waals surface area (Å²) in [6.07, 6.45) is 7.21. The van der Waals surface area contributed by atoms with Crippen molar-refractivity contribution < 1.29 is 13.2 Å². The minimum atomic E-state index is -3.51. The molecule has 2 saturated heterocycles. The fourth-order valence-corrected chi connectivity index (χ4v) is 5.66. The fraction of sp³-hybridized carbons (Fsp3) is 0.667. The molecule has 1 aromatic rings. The van der Waals surface area contributed by atoms with E-state index >= 15 is 0 Å². The number of sulfonamides is 1. The van der Waals surface area contributed by atoms with Gasteiger partial charge in [-0.1, -0.05) is 18.6 Å². The average molecular weight is 421 g/mol. The first-order valence-corrected chi connectivity index (χ1v) is 12.1. The van der Waals surface area contributed by atoms with Crippen molar-refractivity contribution in [2.24, 2.45) is 10.4 Å². The molecule has 8 heteroatoms. The Labute approximate surface area is 174 Å². The predicted molar refractivity (Wildman–Crippen MR) is 113 cm³/mol. The molecule has 0 aromatic heterocycles. The molecule has 160 valence electrons. The first-order chi connectivity index (χ1) is 14.0. The lowest BCUT2D eigenvalue weighted by molar-refractivity contribution is 0.114. The first kappa shape index (κ1) is 20.6. The maximum absolute atomic E-state index is 12.5. The van der Waals surface area contributed by atoms with Crippen LogP contribution >= 0.6 is 0 Å². The number of nitrogens with zero attached hydrogens (tertiary/aromatic N) is 2. The van der Waals surface area contributed by atoms with E-state index in [0.29, 0.717) is 18.5 Å². The Bertz CT molecular complexity index is 828. The van der Waals surface area contributed by atoms with Crippen molar-refractivity contribution in [2.75, 3.05) is 33.3 Å². The Hall–Kier alpha value is -1.64. The second-order valence-electron chi connectivity index (χ2n) is 8.56. The van der Waals surface area contributed by atoms with Gasteiger partial charge < -0.3 is 15.0 Å². The third-order valence-electron chi connectivity index (χ3n) is 6.57. The number of nitrogens with one attached hydrogen (secondary N) is 2. The topological polar surface area (TPSA) is 83.0 Å². The van der Waals surface area contributed by atoms with Crippen molar-refractivity contribution in [1.29, 1.82) is 0 Å². The molecule has 7 nitrogen and oxygen atoms in total. The van der Waals surface area contributed by atoms with Gasteiger partial charge in [-0.3, -0.25) is 4.99 Å². The number of hydrogen-bond acceptors (Lipinski definition) is 4. The van der Waals surface area contributed by atoms with Gasteiger partial charge in [0.2, 0.25) is 10.0 Å². The van der Waals surface area contributed by atoms with E-state index in [1.54, 1.807) is 12.1 Å². The Balaban J connectivity index is 1.29. The molecule has 0 amide bonds. The van der Waals surface area contributed by atoms with Crippen LogP contribution in [0.5, 0.6) is 0 Å². The monoisotopic (exact) mass is 420 g/mol. The molecule has 29 heavy (non-hydrogen) atoms. The quantitative estimate of drug-likeness (QED) is 0.544. The molecule has 1 unspecified atom stereocenters. The van der Waals surface area contributed by atoms with Crippen LogP contribution in [-0.4, -0.2) is 58.7 Å². The van der Waals surface area contributed by atoms with Crippen molar-refractivity contribution in [1.82, 2.24) is 14.9 Å². The Morgan fingerprint density at radius 3 is 2.62 bits per heavy atom. The zero-order chi connectivity index (χ0) is 20.3. The molecular weight excluding hydrogens is 388 g/mol. The normalized spacial score (nSPS) is 24.1. The van der Waals surface area contributed by atoms with Crippen LogP contribution in [0, 0.1) is 5.41 Å². The van der Waals surface area contributed by atoms with Crippen LogP contribution in [-0.2, 0) is 21.3 Å². The first-order valence-electron chi connectivity index (χ1n) is 10.7. The number of ether oxygens (including phenoxy) is 1. The average Bonchev–Trinajstić information content (AvgIpc) is 3.37. The number of likely N-dealkylation sites (tertiary alicyclic amines) is 1. The molecule has 1 atom stereocenters. The summed E-state index contributed by atoms with van der Waals surface area (Å²) in [6, 6.07) is 7.05. The SMILES string of the molecule is CN=C(NCc1ccc(S(=O)(=O)NCC2CCCO2)cc1)N1CCC2(CCC2)C1. The largest absolute Gasteiger partial charge is 0.377 e. The summed E-state index contributed by atoms with van der Waals surface area (Å²) in [4.78, 5) is 7.08. The summed E-state index contributed by atoms with van der Waals surface area (Å²) in [7, 11) is -1.68. The highest BCUT2D eigenvalue weighted by Gasteiger charge is 2.43. The standard InChI is InChI=1S/C21H32N4O3S/c1-22-20(25-12-11-21(16-25)9-3-10-21)23-14-17-5-7-19(8-6-17)29(26,27)24-15-18-4-2-13-28-18/h5-8,18,24H,2-4,9-16H2,1H3,(H,22,23). The lowest BCUT2D eigenvalue weighted by Gasteiger charge is -2.38. The van der Waals surface area contributed by atoms with E-state index in [9.17, 15) is 8.42 Å². The molecule has 1 aromatic carbocycles. The van der Waals surface area contributed by atoms with E-state index < -0.39 is 10.0 Å². The summed E-state index contributed by atoms with van der Waals surface area (Å²) in [5, 5.41) is 3.43. The highest BCUT2D eigenvalue weighted by molar-refractivity contribution is 7.89. The number of benzene rings is 1. The zero-order valence-corrected chi connectivity index (χ0v) is 18.0. The van der Waals surface area contributed by atoms with Crippen LogP contribution in [0.15, 0.2) is 34.2 Å². The molecule has 1 saturated carbocycles. The van der Waals surface area contributed by atoms with Gasteiger partial charge >= 0.3 is 0 Å². The van der Waals surface area contributed by atoms with Gasteiger partial charge in [0.25, 0.3) is 0 Å². The van der Waals surface area contributed by atoms with Crippen LogP contribution in [0.1, 0.15) is 44.1 Å². The van der Waals surface area contributed by atoms with Gasteiger partial charge in [-0.15, -0.1) is 0 Å². The van der Waals surface area contributed by atoms with Crippen LogP contribution in [0.4, 0.5) is 0 Å². The number of guanidine groups is 1. The third-order valence-corrected chi connectivity index (χ3v) is 8.01. The van der Waals surface area contributed by atoms with Crippen molar-refractivity contribution in [3.63, 3.8) is 0 Å². The summed E-state index contributed by atoms with van der Waals surface area (Å²) >= 11 is 0. The van der Waals surface area contributed by atoms with E-state index in [0.717, 1.165) is 44.1 Å². The molecule has 3 aliphatic rings. The maximum Gasteiger partial charge on any atom is 0.240 e. The number of aliphatic imine (C=N–C) groups is 1. The van der Waals surface area contributed by atoms with Crippen LogP contribution < -0.4 is 10.0 Å². The van der Waals surface area contributed by atoms with Crippen molar-refractivity contribution in [3.8, 4) is 0 Å². The van der Waals surface area contributed by atoms with E-state index in [1.165, 1.54) is 25.7 Å². The summed E-state index contributed by atoms with van der Waals surface area (Å²) in [6.45, 7) is 3.84. The molecule has 1 aliphatic carbocycles. The minimum Gasteiger partial charge on any atom is -0.377 e. The van der Waals surface area contributed by atoms with Gasteiger partial charge in [0.15, 0.2) is 5.96 Å². The maximum atomic E-state index is 12.5. The van der Waals surface area contributed by atoms with Gasteiger partial charge in [0.05, 0.1) is 11.0 Å². The Morgan fingerprint density at radius 2 is 2.03 bits per heavy atom. The molecule has 0 radical (unpaired) electrons. The second-order valence-corrected chi connectivity index (χ2v) is 10.3. The van der Waals surface area contributed by atoms with E-state index in [-0.39, 0.29) is 11.0 Å². The molecule has 2 N–H and O–H groups in total. The zero-order valence-electron chi connectivity index (χ0n) is 17.2. The van der Waals surface area contributed by atoms with Gasteiger partial charge in [0.1, 0.15) is 0 Å². The number of hydrogen-bond donors (Lipinski definition) is 2. The lowest BCUT2D eigenvalue weighted by atomic mass is 9.68. The van der Waals surface area contributed by atoms with Crippen molar-refractivity contribution in [3.05, 3.63) is 29.8 Å². The van der Waals surface area contributed by atoms with E-state index in [1.807, 2.05) is 19.2 Å². The van der Waals surface area contributed by atoms with Gasteiger partial charge in [-0.25, -0.2) is 13.1 Å². The van der Waals surface area contributed by atoms with Crippen LogP contribution in [0.25, 0.3) is 0 Å². The molecule has 2 heterocycles. The van der Waals surface area contributed by atoms with Gasteiger partial charge in [-0.05, 0) is 55.2 Å². The minimum absolute atomic E-state index is 0.00957. The van der Waals surface area contributed by atoms with Gasteiger partial charge in [-0.2, -0.15) is 0 Å². The summed E-state index contributed by atoms with van der Waals surface area (Å²) in [5.74, 6) is 0.934. The fourth-order valence-electron chi connectivity index (χ4n) is 4.59. The lowest BCUT2D eigenvalue weighted by Crippen LogP contribution is -2.42. The highest BCUT2D eigenvalue weighted by Crippen LogP contribution is 2.47. The Kier molecular flexibility index (Phi) is 6.13. The molecule has 3 fully saturated rings. The smallest absolute Gasteiger partial charge is 0.240 e. The molecule has 1 spiro atoms. The van der Waals surface area contributed by atoms with Crippen LogP contribution in [0.3, 0.4) is 0 Å². The predicted octanol–water partition coefficient (Wildman–Crippen LogP) is 2.10. The Morgan fingerprint density at radius 1 is 1.24 bits per heavy atom. The summed E-state index contributed by atoms with van der Waals surface area (Å²) in [5.41, 5.74) is 1.56. The second kappa shape index (κ2) is 8.62. The van der Waals surface area contributed by atoms with E-state index in [4.69, 9.17) is 4.74 Å². The third kappa shape index (κ3) is 4.75. The molecular formula is C21H32N4O3S. The van der Waals surface area contributed by atoms with E-state index in [2.05, 4.69) is 19.9 Å². The van der Waals surface area contributed by atoms with Gasteiger partial charge in [0, 0.05) is 39.8 Å². The molecule has 4 rings (SSSR count). The summed E-state index contributed by atoms with van der Waals surface area (Å²) < 4.78 is 33.1. The molecule has 2 aliphatic heterocycles. The van der Waals surface area contributed by atoms with Crippen molar-refractivity contribution in [2.45, 2.75) is 56.1 Å². The van der Waals surface area contributed by atoms with Crippen molar-refractivity contribution >= 4 is 16.0 Å².